The van der Waals surface area contributed by atoms with Gasteiger partial charge in [-0.25, -0.2) is 4.68 Å². The zero-order valence-electron chi connectivity index (χ0n) is 28.1. The van der Waals surface area contributed by atoms with Crippen LogP contribution in [0, 0.1) is 11.8 Å². The van der Waals surface area contributed by atoms with Gasteiger partial charge in [0.2, 0.25) is 17.7 Å². The maximum atomic E-state index is 14.7. The van der Waals surface area contributed by atoms with Crippen molar-refractivity contribution in [2.24, 2.45) is 11.8 Å². The first-order chi connectivity index (χ1) is 24.3. The molecule has 3 amide bonds. The molecule has 264 valence electrons. The molecule has 1 spiro atoms. The summed E-state index contributed by atoms with van der Waals surface area (Å²) in [5.74, 6) is -3.21. The number of likely N-dealkylation sites (tertiary alicyclic amines) is 1. The van der Waals surface area contributed by atoms with E-state index in [1.54, 1.807) is 26.6 Å². The smallest absolute Gasteiger partial charge is 0.306 e. The van der Waals surface area contributed by atoms with Gasteiger partial charge >= 0.3 is 5.97 Å². The number of benzene rings is 2. The summed E-state index contributed by atoms with van der Waals surface area (Å²) >= 11 is 0. The van der Waals surface area contributed by atoms with Crippen LogP contribution >= 0.6 is 0 Å². The second-order valence-electron chi connectivity index (χ2n) is 13.1. The number of carbonyl (C=O) groups excluding carboxylic acids is 4. The van der Waals surface area contributed by atoms with Gasteiger partial charge in [-0.2, -0.15) is 0 Å². The van der Waals surface area contributed by atoms with Gasteiger partial charge < -0.3 is 29.7 Å². The van der Waals surface area contributed by atoms with E-state index in [1.807, 2.05) is 54.6 Å². The summed E-state index contributed by atoms with van der Waals surface area (Å²) in [6.07, 6.45) is 5.18. The van der Waals surface area contributed by atoms with Crippen LogP contribution in [-0.2, 0) is 35.3 Å². The number of hydrogen-bond donors (Lipinski definition) is 2. The number of amides is 3. The molecular formula is C37H44N6O7. The standard InChI is InChI=1S/C37H44N6O7/c1-3-5-17-30(45)49-23-27(25-13-7-6-8-14-25)38-34(46)31-29-18-19-37(50-29)32(31)35(47)42(21-11-12-22-44)33(37)36(48)41(20-4-2)24-43-28-16-10-9-15-26(28)39-40-43/h3-4,6-10,13-16,27,29,31-33,44H,1-2,5,11-12,17-24H2,(H,38,46)/t27-,29-,31+,32+,33-,37+/m0/s1. The number of ether oxygens (including phenoxy) is 2. The molecule has 0 aliphatic carbocycles. The van der Waals surface area contributed by atoms with Gasteiger partial charge in [-0.15, -0.1) is 18.3 Å². The van der Waals surface area contributed by atoms with E-state index in [4.69, 9.17) is 9.47 Å². The van der Waals surface area contributed by atoms with Crippen molar-refractivity contribution in [3.05, 3.63) is 85.5 Å². The molecule has 2 bridgehead atoms. The number of rotatable bonds is 17. The Kier molecular flexibility index (Phi) is 10.7. The SMILES string of the molecule is C=CCCC(=O)OC[C@H](NC(=O)[C@@H]1[C@@H]2CC[C@]3(O2)[C@H](C(=O)N(CC=C)Cn2nnc4ccccc42)N(CCCCO)C(=O)[C@@H]13)c1ccccc1. The lowest BCUT2D eigenvalue weighted by Crippen LogP contribution is -2.56. The van der Waals surface area contributed by atoms with Crippen LogP contribution in [0.5, 0.6) is 0 Å². The molecule has 4 heterocycles. The Hall–Kier alpha value is -4.88. The van der Waals surface area contributed by atoms with E-state index in [0.717, 1.165) is 11.1 Å². The molecule has 0 unspecified atom stereocenters. The topological polar surface area (TPSA) is 156 Å². The molecule has 3 aliphatic heterocycles. The van der Waals surface area contributed by atoms with Gasteiger partial charge in [0, 0.05) is 26.1 Å². The number of esters is 1. The number of aliphatic hydroxyl groups excluding tert-OH is 1. The lowest BCUT2D eigenvalue weighted by Gasteiger charge is -2.36. The van der Waals surface area contributed by atoms with E-state index in [9.17, 15) is 24.3 Å². The number of hydrogen-bond acceptors (Lipinski definition) is 9. The van der Waals surface area contributed by atoms with Crippen LogP contribution in [-0.4, -0.2) is 97.6 Å². The van der Waals surface area contributed by atoms with Gasteiger partial charge in [-0.1, -0.05) is 59.8 Å². The van der Waals surface area contributed by atoms with E-state index >= 15 is 0 Å². The number of aliphatic hydroxyl groups is 1. The summed E-state index contributed by atoms with van der Waals surface area (Å²) in [5, 5.41) is 21.1. The number of carbonyl (C=O) groups is 4. The summed E-state index contributed by atoms with van der Waals surface area (Å²) < 4.78 is 13.8. The van der Waals surface area contributed by atoms with Crippen LogP contribution in [0.1, 0.15) is 50.1 Å². The minimum absolute atomic E-state index is 0.0557. The molecule has 2 aromatic carbocycles. The summed E-state index contributed by atoms with van der Waals surface area (Å²) in [6, 6.07) is 15.0. The van der Waals surface area contributed by atoms with Crippen molar-refractivity contribution in [2.75, 3.05) is 26.3 Å². The van der Waals surface area contributed by atoms with Crippen molar-refractivity contribution in [1.29, 1.82) is 0 Å². The zero-order valence-corrected chi connectivity index (χ0v) is 28.1. The maximum Gasteiger partial charge on any atom is 0.306 e. The monoisotopic (exact) mass is 684 g/mol. The fourth-order valence-corrected chi connectivity index (χ4v) is 7.74. The number of aromatic nitrogens is 3. The van der Waals surface area contributed by atoms with Crippen LogP contribution in [0.2, 0.25) is 0 Å². The van der Waals surface area contributed by atoms with Crippen LogP contribution in [0.15, 0.2) is 79.9 Å². The van der Waals surface area contributed by atoms with Crippen LogP contribution in [0.4, 0.5) is 0 Å². The highest BCUT2D eigenvalue weighted by molar-refractivity contribution is 5.99. The number of para-hydroxylation sites is 1. The number of nitrogens with zero attached hydrogens (tertiary/aromatic N) is 5. The first-order valence-electron chi connectivity index (χ1n) is 17.2. The van der Waals surface area contributed by atoms with Gasteiger partial charge in [-0.05, 0) is 49.8 Å². The molecule has 0 saturated carbocycles. The predicted molar refractivity (Wildman–Crippen MR) is 183 cm³/mol. The van der Waals surface area contributed by atoms with E-state index in [0.29, 0.717) is 37.6 Å². The van der Waals surface area contributed by atoms with Crippen molar-refractivity contribution in [1.82, 2.24) is 30.1 Å². The van der Waals surface area contributed by atoms with Gasteiger partial charge in [-0.3, -0.25) is 19.2 Å². The van der Waals surface area contributed by atoms with Gasteiger partial charge in [0.25, 0.3) is 0 Å². The highest BCUT2D eigenvalue weighted by Crippen LogP contribution is 2.58. The fraction of sp³-hybridized carbons (Fsp3) is 0.459. The van der Waals surface area contributed by atoms with Crippen LogP contribution in [0.25, 0.3) is 11.0 Å². The molecule has 13 nitrogen and oxygen atoms in total. The zero-order chi connectivity index (χ0) is 35.3. The first-order valence-corrected chi connectivity index (χ1v) is 17.2. The van der Waals surface area contributed by atoms with Gasteiger partial charge in [0.05, 0.1) is 29.5 Å². The second-order valence-corrected chi connectivity index (χ2v) is 13.1. The summed E-state index contributed by atoms with van der Waals surface area (Å²) in [5.41, 5.74) is 0.962. The van der Waals surface area contributed by atoms with E-state index < -0.39 is 47.5 Å². The molecule has 3 aliphatic rings. The number of unbranched alkanes of at least 4 members (excludes halogenated alkanes) is 1. The Morgan fingerprint density at radius 1 is 1.12 bits per heavy atom. The Labute approximate surface area is 290 Å². The minimum Gasteiger partial charge on any atom is -0.463 e. The Balaban J connectivity index is 1.28. The Morgan fingerprint density at radius 2 is 1.90 bits per heavy atom. The third kappa shape index (κ3) is 6.67. The molecule has 6 rings (SSSR count). The summed E-state index contributed by atoms with van der Waals surface area (Å²) in [7, 11) is 0. The fourth-order valence-electron chi connectivity index (χ4n) is 7.74. The normalized spacial score (nSPS) is 24.2. The molecule has 0 radical (unpaired) electrons. The molecule has 6 atom stereocenters. The highest BCUT2D eigenvalue weighted by Gasteiger charge is 2.74. The van der Waals surface area contributed by atoms with Crippen molar-refractivity contribution >= 4 is 34.7 Å². The van der Waals surface area contributed by atoms with Gasteiger partial charge in [0.1, 0.15) is 30.4 Å². The minimum atomic E-state index is -1.22. The number of fused-ring (bicyclic) bond motifs is 2. The van der Waals surface area contributed by atoms with Crippen molar-refractivity contribution in [2.45, 2.75) is 69.0 Å². The quantitative estimate of drug-likeness (QED) is 0.124. The molecule has 3 aromatic rings. The van der Waals surface area contributed by atoms with E-state index in [-0.39, 0.29) is 51.2 Å². The average molecular weight is 685 g/mol. The molecule has 1 aromatic heterocycles. The molecule has 3 saturated heterocycles. The third-order valence-corrected chi connectivity index (χ3v) is 10.0. The van der Waals surface area contributed by atoms with Crippen LogP contribution in [0.3, 0.4) is 0 Å². The third-order valence-electron chi connectivity index (χ3n) is 10.0. The molecule has 2 N–H and O–H groups in total. The molecular weight excluding hydrogens is 640 g/mol. The lowest BCUT2D eigenvalue weighted by atomic mass is 9.70. The largest absolute Gasteiger partial charge is 0.463 e. The van der Waals surface area contributed by atoms with Crippen molar-refractivity contribution in [3.8, 4) is 0 Å². The molecule has 3 fully saturated rings. The summed E-state index contributed by atoms with van der Waals surface area (Å²) in [4.78, 5) is 58.9. The Morgan fingerprint density at radius 3 is 2.66 bits per heavy atom. The van der Waals surface area contributed by atoms with Crippen molar-refractivity contribution in [3.63, 3.8) is 0 Å². The first kappa shape index (κ1) is 35.0. The van der Waals surface area contributed by atoms with Crippen molar-refractivity contribution < 1.29 is 33.8 Å². The number of nitrogens with one attached hydrogen (secondary N) is 1. The number of allylic oxidation sites excluding steroid dienone is 1. The predicted octanol–water partition coefficient (Wildman–Crippen LogP) is 2.92. The van der Waals surface area contributed by atoms with E-state index in [1.165, 1.54) is 0 Å². The second kappa shape index (κ2) is 15.3. The molecule has 50 heavy (non-hydrogen) atoms. The summed E-state index contributed by atoms with van der Waals surface area (Å²) in [6.45, 7) is 7.84. The van der Waals surface area contributed by atoms with Gasteiger partial charge in [0.15, 0.2) is 0 Å². The lowest BCUT2D eigenvalue weighted by molar-refractivity contribution is -0.149. The highest BCUT2D eigenvalue weighted by atomic mass is 16.5. The van der Waals surface area contributed by atoms with Crippen LogP contribution < -0.4 is 5.32 Å². The van der Waals surface area contributed by atoms with E-state index in [2.05, 4.69) is 28.8 Å². The Bertz CT molecular complexity index is 1730. The average Bonchev–Trinajstić information content (AvgIpc) is 3.88. The molecule has 13 heteroatoms. The maximum absolute atomic E-state index is 14.7.